The smallest absolute Gasteiger partial charge is 0.251 e. The van der Waals surface area contributed by atoms with Crippen LogP contribution >= 0.6 is 0 Å². The fourth-order valence-corrected chi connectivity index (χ4v) is 4.28. The van der Waals surface area contributed by atoms with E-state index in [2.05, 4.69) is 5.32 Å². The Kier molecular flexibility index (Phi) is 6.93. The first kappa shape index (κ1) is 22.4. The van der Waals surface area contributed by atoms with Crippen molar-refractivity contribution in [2.45, 2.75) is 18.9 Å². The fraction of sp³-hybridized carbons (Fsp3) is 0.259. The average Bonchev–Trinajstić information content (AvgIpc) is 3.37. The van der Waals surface area contributed by atoms with Crippen LogP contribution in [0.2, 0.25) is 0 Å². The van der Waals surface area contributed by atoms with Gasteiger partial charge in [0, 0.05) is 12.1 Å². The Bertz CT molecular complexity index is 1110. The zero-order chi connectivity index (χ0) is 23.2. The van der Waals surface area contributed by atoms with E-state index in [9.17, 15) is 9.59 Å². The number of benzene rings is 3. The van der Waals surface area contributed by atoms with Crippen LogP contribution in [0.15, 0.2) is 72.8 Å². The van der Waals surface area contributed by atoms with Crippen molar-refractivity contribution in [1.29, 1.82) is 0 Å². The summed E-state index contributed by atoms with van der Waals surface area (Å²) < 4.78 is 10.7. The minimum absolute atomic E-state index is 0.0386. The Morgan fingerprint density at radius 2 is 1.61 bits per heavy atom. The molecule has 1 atom stereocenters. The summed E-state index contributed by atoms with van der Waals surface area (Å²) >= 11 is 0. The van der Waals surface area contributed by atoms with Crippen LogP contribution in [0.25, 0.3) is 11.1 Å². The Labute approximate surface area is 194 Å². The zero-order valence-corrected chi connectivity index (χ0v) is 18.9. The molecule has 0 aliphatic carbocycles. The number of carbonyl (C=O) groups excluding carboxylic acids is 2. The number of methoxy groups -OCH3 is 2. The van der Waals surface area contributed by atoms with Crippen LogP contribution in [0.5, 0.6) is 11.5 Å². The number of likely N-dealkylation sites (tertiary alicyclic amines) is 1. The summed E-state index contributed by atoms with van der Waals surface area (Å²) in [5.74, 6) is 0.940. The molecule has 2 amide bonds. The maximum Gasteiger partial charge on any atom is 0.251 e. The molecule has 1 heterocycles. The maximum atomic E-state index is 12.9. The summed E-state index contributed by atoms with van der Waals surface area (Å²) in [5.41, 5.74) is 3.66. The highest BCUT2D eigenvalue weighted by Crippen LogP contribution is 2.36. The lowest BCUT2D eigenvalue weighted by atomic mass is 10.0. The number of hydrogen-bond acceptors (Lipinski definition) is 4. The molecule has 33 heavy (non-hydrogen) atoms. The molecule has 6 nitrogen and oxygen atoms in total. The molecule has 1 aliphatic heterocycles. The second-order valence-corrected chi connectivity index (χ2v) is 7.99. The Hall–Kier alpha value is -3.80. The predicted octanol–water partition coefficient (Wildman–Crippen LogP) is 4.46. The third kappa shape index (κ3) is 5.00. The molecule has 1 N–H and O–H groups in total. The van der Waals surface area contributed by atoms with Crippen molar-refractivity contribution in [3.05, 3.63) is 83.9 Å². The minimum atomic E-state index is -0.259. The van der Waals surface area contributed by atoms with E-state index >= 15 is 0 Å². The normalized spacial score (nSPS) is 15.2. The van der Waals surface area contributed by atoms with Gasteiger partial charge in [-0.25, -0.2) is 0 Å². The Morgan fingerprint density at radius 1 is 0.909 bits per heavy atom. The van der Waals surface area contributed by atoms with Crippen molar-refractivity contribution in [1.82, 2.24) is 10.2 Å². The summed E-state index contributed by atoms with van der Waals surface area (Å²) in [6.45, 7) is 0.628. The van der Waals surface area contributed by atoms with Gasteiger partial charge in [-0.1, -0.05) is 48.5 Å². The third-order valence-corrected chi connectivity index (χ3v) is 6.02. The molecule has 3 aromatic carbocycles. The van der Waals surface area contributed by atoms with Gasteiger partial charge in [-0.2, -0.15) is 0 Å². The maximum absolute atomic E-state index is 12.9. The molecule has 3 aromatic rings. The molecule has 0 bridgehead atoms. The van der Waals surface area contributed by atoms with Gasteiger partial charge < -0.3 is 19.7 Å². The van der Waals surface area contributed by atoms with Gasteiger partial charge in [0.15, 0.2) is 11.5 Å². The summed E-state index contributed by atoms with van der Waals surface area (Å²) in [6.07, 6.45) is 1.79. The van der Waals surface area contributed by atoms with Gasteiger partial charge in [-0.15, -0.1) is 0 Å². The van der Waals surface area contributed by atoms with Crippen LogP contribution in [0, 0.1) is 0 Å². The predicted molar refractivity (Wildman–Crippen MR) is 127 cm³/mol. The topological polar surface area (TPSA) is 67.9 Å². The number of ether oxygens (including phenoxy) is 2. The first-order valence-electron chi connectivity index (χ1n) is 11.1. The third-order valence-electron chi connectivity index (χ3n) is 6.02. The molecule has 1 saturated heterocycles. The van der Waals surface area contributed by atoms with Crippen LogP contribution in [-0.2, 0) is 4.79 Å². The van der Waals surface area contributed by atoms with Crippen LogP contribution in [0.3, 0.4) is 0 Å². The van der Waals surface area contributed by atoms with Gasteiger partial charge in [-0.05, 0) is 53.8 Å². The molecule has 4 rings (SSSR count). The van der Waals surface area contributed by atoms with E-state index in [1.54, 1.807) is 26.4 Å². The van der Waals surface area contributed by atoms with Crippen molar-refractivity contribution in [3.63, 3.8) is 0 Å². The molecule has 0 unspecified atom stereocenters. The van der Waals surface area contributed by atoms with Crippen molar-refractivity contribution in [2.24, 2.45) is 0 Å². The van der Waals surface area contributed by atoms with Crippen molar-refractivity contribution < 1.29 is 19.1 Å². The van der Waals surface area contributed by atoms with Crippen LogP contribution in [0.1, 0.15) is 34.8 Å². The molecule has 0 saturated carbocycles. The van der Waals surface area contributed by atoms with Gasteiger partial charge in [0.05, 0.1) is 26.8 Å². The Balaban J connectivity index is 1.38. The number of hydrogen-bond donors (Lipinski definition) is 1. The molecule has 0 spiro atoms. The van der Waals surface area contributed by atoms with Crippen LogP contribution < -0.4 is 14.8 Å². The fourth-order valence-electron chi connectivity index (χ4n) is 4.28. The van der Waals surface area contributed by atoms with E-state index in [-0.39, 0.29) is 24.4 Å². The second-order valence-electron chi connectivity index (χ2n) is 7.99. The molecular weight excluding hydrogens is 416 g/mol. The number of nitrogens with zero attached hydrogens (tertiary/aromatic N) is 1. The highest BCUT2D eigenvalue weighted by Gasteiger charge is 2.30. The van der Waals surface area contributed by atoms with E-state index in [0.717, 1.165) is 29.5 Å². The van der Waals surface area contributed by atoms with E-state index in [0.29, 0.717) is 23.6 Å². The van der Waals surface area contributed by atoms with E-state index < -0.39 is 0 Å². The van der Waals surface area contributed by atoms with Gasteiger partial charge in [0.1, 0.15) is 0 Å². The van der Waals surface area contributed by atoms with Crippen molar-refractivity contribution in [2.75, 3.05) is 27.3 Å². The first-order valence-corrected chi connectivity index (χ1v) is 11.1. The molecule has 6 heteroatoms. The highest BCUT2D eigenvalue weighted by atomic mass is 16.5. The van der Waals surface area contributed by atoms with Gasteiger partial charge in [-0.3, -0.25) is 9.59 Å². The molecule has 0 aromatic heterocycles. The van der Waals surface area contributed by atoms with Crippen LogP contribution in [-0.4, -0.2) is 44.0 Å². The molecular formula is C27H28N2O4. The van der Waals surface area contributed by atoms with Gasteiger partial charge in [0.2, 0.25) is 5.91 Å². The molecule has 1 fully saturated rings. The average molecular weight is 445 g/mol. The van der Waals surface area contributed by atoms with E-state index in [1.807, 2.05) is 65.6 Å². The highest BCUT2D eigenvalue weighted by molar-refractivity contribution is 5.97. The largest absolute Gasteiger partial charge is 0.493 e. The molecule has 170 valence electrons. The lowest BCUT2D eigenvalue weighted by Gasteiger charge is -2.26. The number of rotatable bonds is 7. The second kappa shape index (κ2) is 10.2. The van der Waals surface area contributed by atoms with E-state index in [1.165, 1.54) is 0 Å². The zero-order valence-electron chi connectivity index (χ0n) is 18.9. The lowest BCUT2D eigenvalue weighted by Crippen LogP contribution is -2.39. The van der Waals surface area contributed by atoms with Crippen molar-refractivity contribution >= 4 is 11.8 Å². The Morgan fingerprint density at radius 3 is 2.30 bits per heavy atom. The summed E-state index contributed by atoms with van der Waals surface area (Å²) in [5, 5.41) is 2.77. The quantitative estimate of drug-likeness (QED) is 0.584. The standard InChI is InChI=1S/C27H28N2O4/c1-32-24-15-14-22(17-25(24)33-2)23-9-6-16-29(23)26(30)18-28-27(31)21-12-10-20(11-13-21)19-7-4-3-5-8-19/h3-5,7-8,10-15,17,23H,6,9,16,18H2,1-2H3,(H,28,31)/t23-/m1/s1. The lowest BCUT2D eigenvalue weighted by molar-refractivity contribution is -0.131. The first-order chi connectivity index (χ1) is 16.1. The summed E-state index contributed by atoms with van der Waals surface area (Å²) in [7, 11) is 3.20. The number of nitrogens with one attached hydrogen (secondary N) is 1. The van der Waals surface area contributed by atoms with Crippen LogP contribution in [0.4, 0.5) is 0 Å². The molecule has 1 aliphatic rings. The molecule has 0 radical (unpaired) electrons. The number of amides is 2. The minimum Gasteiger partial charge on any atom is -0.493 e. The van der Waals surface area contributed by atoms with E-state index in [4.69, 9.17) is 9.47 Å². The SMILES string of the molecule is COc1ccc([C@H]2CCCN2C(=O)CNC(=O)c2ccc(-c3ccccc3)cc2)cc1OC. The van der Waals surface area contributed by atoms with Gasteiger partial charge in [0.25, 0.3) is 5.91 Å². The number of carbonyl (C=O) groups is 2. The summed E-state index contributed by atoms with van der Waals surface area (Å²) in [6, 6.07) is 23.1. The van der Waals surface area contributed by atoms with Crippen molar-refractivity contribution in [3.8, 4) is 22.6 Å². The summed E-state index contributed by atoms with van der Waals surface area (Å²) in [4.78, 5) is 27.4. The monoisotopic (exact) mass is 444 g/mol. The van der Waals surface area contributed by atoms with Gasteiger partial charge >= 0.3 is 0 Å².